The van der Waals surface area contributed by atoms with E-state index in [-0.39, 0.29) is 5.89 Å². The van der Waals surface area contributed by atoms with Crippen molar-refractivity contribution in [3.05, 3.63) is 42.2 Å². The van der Waals surface area contributed by atoms with Crippen LogP contribution in [0.15, 0.2) is 35.0 Å². The van der Waals surface area contributed by atoms with Crippen molar-refractivity contribution in [2.75, 3.05) is 5.73 Å². The SMILES string of the molecule is Cc1cnc(C(=O)n2ncc3cc(N)ccc32)o1. The fourth-order valence-corrected chi connectivity index (χ4v) is 1.76. The van der Waals surface area contributed by atoms with Gasteiger partial charge in [-0.3, -0.25) is 4.79 Å². The summed E-state index contributed by atoms with van der Waals surface area (Å²) in [5.41, 5.74) is 6.97. The van der Waals surface area contributed by atoms with Gasteiger partial charge in [0, 0.05) is 11.1 Å². The number of rotatable bonds is 1. The summed E-state index contributed by atoms with van der Waals surface area (Å²) in [6, 6.07) is 5.22. The first-order valence-corrected chi connectivity index (χ1v) is 5.35. The number of nitrogen functional groups attached to an aromatic ring is 1. The van der Waals surface area contributed by atoms with E-state index in [4.69, 9.17) is 10.2 Å². The molecule has 90 valence electrons. The topological polar surface area (TPSA) is 86.9 Å². The van der Waals surface area contributed by atoms with Crippen molar-refractivity contribution in [2.24, 2.45) is 0 Å². The van der Waals surface area contributed by atoms with Gasteiger partial charge in [-0.15, -0.1) is 0 Å². The largest absolute Gasteiger partial charge is 0.438 e. The van der Waals surface area contributed by atoms with Crippen LogP contribution in [0.5, 0.6) is 0 Å². The number of nitrogens with zero attached hydrogens (tertiary/aromatic N) is 3. The number of nitrogens with two attached hydrogens (primary N) is 1. The van der Waals surface area contributed by atoms with Gasteiger partial charge in [0.15, 0.2) is 0 Å². The lowest BCUT2D eigenvalue weighted by molar-refractivity contribution is 0.0914. The number of hydrogen-bond donors (Lipinski definition) is 1. The molecule has 0 spiro atoms. The minimum absolute atomic E-state index is 0.0225. The molecule has 18 heavy (non-hydrogen) atoms. The van der Waals surface area contributed by atoms with Crippen LogP contribution in [-0.4, -0.2) is 20.7 Å². The highest BCUT2D eigenvalue weighted by molar-refractivity contribution is 5.98. The van der Waals surface area contributed by atoms with Gasteiger partial charge in [-0.05, 0) is 25.1 Å². The van der Waals surface area contributed by atoms with E-state index >= 15 is 0 Å². The second kappa shape index (κ2) is 3.69. The highest BCUT2D eigenvalue weighted by Crippen LogP contribution is 2.18. The molecule has 2 heterocycles. The molecule has 0 bridgehead atoms. The van der Waals surface area contributed by atoms with Crippen molar-refractivity contribution in [3.8, 4) is 0 Å². The quantitative estimate of drug-likeness (QED) is 0.655. The second-order valence-corrected chi connectivity index (χ2v) is 3.96. The summed E-state index contributed by atoms with van der Waals surface area (Å²) in [5, 5.41) is 4.83. The number of aromatic nitrogens is 3. The molecule has 0 aliphatic heterocycles. The van der Waals surface area contributed by atoms with Crippen molar-refractivity contribution in [1.29, 1.82) is 0 Å². The van der Waals surface area contributed by atoms with Crippen molar-refractivity contribution < 1.29 is 9.21 Å². The molecular formula is C12H10N4O2. The first-order valence-electron chi connectivity index (χ1n) is 5.35. The fourth-order valence-electron chi connectivity index (χ4n) is 1.76. The van der Waals surface area contributed by atoms with Crippen LogP contribution in [-0.2, 0) is 0 Å². The number of hydrogen-bond acceptors (Lipinski definition) is 5. The molecule has 0 radical (unpaired) electrons. The van der Waals surface area contributed by atoms with Crippen LogP contribution in [0.1, 0.15) is 16.4 Å². The summed E-state index contributed by atoms with van der Waals surface area (Å²) >= 11 is 0. The van der Waals surface area contributed by atoms with E-state index in [1.54, 1.807) is 31.3 Å². The number of carbonyl (C=O) groups excluding carboxylic acids is 1. The Balaban J connectivity index is 2.12. The molecular weight excluding hydrogens is 232 g/mol. The van der Waals surface area contributed by atoms with E-state index in [2.05, 4.69) is 10.1 Å². The zero-order valence-corrected chi connectivity index (χ0v) is 9.62. The molecule has 0 fully saturated rings. The highest BCUT2D eigenvalue weighted by atomic mass is 16.4. The molecule has 6 nitrogen and oxygen atoms in total. The Hall–Kier alpha value is -2.63. The molecule has 0 saturated heterocycles. The monoisotopic (exact) mass is 242 g/mol. The molecule has 2 aromatic heterocycles. The van der Waals surface area contributed by atoms with E-state index in [0.29, 0.717) is 17.0 Å². The highest BCUT2D eigenvalue weighted by Gasteiger charge is 2.17. The lowest BCUT2D eigenvalue weighted by Crippen LogP contribution is -2.13. The third-order valence-electron chi connectivity index (χ3n) is 2.59. The second-order valence-electron chi connectivity index (χ2n) is 3.96. The van der Waals surface area contributed by atoms with Crippen molar-refractivity contribution in [1.82, 2.24) is 14.8 Å². The van der Waals surface area contributed by atoms with Crippen LogP contribution in [0.2, 0.25) is 0 Å². The Labute approximate surface area is 102 Å². The molecule has 1 aromatic carbocycles. The summed E-state index contributed by atoms with van der Waals surface area (Å²) in [6.07, 6.45) is 3.08. The number of anilines is 1. The van der Waals surface area contributed by atoms with Gasteiger partial charge in [0.2, 0.25) is 0 Å². The summed E-state index contributed by atoms with van der Waals surface area (Å²) in [4.78, 5) is 16.0. The molecule has 0 amide bonds. The van der Waals surface area contributed by atoms with Gasteiger partial charge < -0.3 is 10.2 Å². The van der Waals surface area contributed by atoms with Gasteiger partial charge in [0.05, 0.1) is 17.9 Å². The summed E-state index contributed by atoms with van der Waals surface area (Å²) in [5.74, 6) is 0.205. The minimum Gasteiger partial charge on any atom is -0.438 e. The standard InChI is InChI=1S/C12H10N4O2/c1-7-5-14-11(18-7)12(17)16-10-3-2-9(13)4-8(10)6-15-16/h2-6H,13H2,1H3. The third-order valence-corrected chi connectivity index (χ3v) is 2.59. The fraction of sp³-hybridized carbons (Fsp3) is 0.0833. The maximum absolute atomic E-state index is 12.1. The maximum Gasteiger partial charge on any atom is 0.334 e. The van der Waals surface area contributed by atoms with Gasteiger partial charge >= 0.3 is 5.91 Å². The lowest BCUT2D eigenvalue weighted by Gasteiger charge is -1.99. The molecule has 0 aliphatic carbocycles. The Morgan fingerprint density at radius 3 is 2.94 bits per heavy atom. The van der Waals surface area contributed by atoms with Crippen molar-refractivity contribution in [3.63, 3.8) is 0 Å². The molecule has 2 N–H and O–H groups in total. The molecule has 6 heteroatoms. The molecule has 0 unspecified atom stereocenters. The number of carbonyl (C=O) groups is 1. The Bertz CT molecular complexity index is 741. The lowest BCUT2D eigenvalue weighted by atomic mass is 10.2. The normalized spacial score (nSPS) is 10.9. The Morgan fingerprint density at radius 2 is 2.22 bits per heavy atom. The van der Waals surface area contributed by atoms with E-state index in [1.807, 2.05) is 0 Å². The molecule has 0 atom stereocenters. The predicted octanol–water partition coefficient (Wildman–Crippen LogP) is 1.60. The summed E-state index contributed by atoms with van der Waals surface area (Å²) < 4.78 is 6.45. The van der Waals surface area contributed by atoms with Gasteiger partial charge in [-0.2, -0.15) is 9.78 Å². The predicted molar refractivity (Wildman–Crippen MR) is 65.1 cm³/mol. The Kier molecular flexibility index (Phi) is 2.16. The molecule has 3 aromatic rings. The van der Waals surface area contributed by atoms with Gasteiger partial charge in [-0.1, -0.05) is 0 Å². The zero-order valence-electron chi connectivity index (χ0n) is 9.62. The van der Waals surface area contributed by atoms with E-state index in [0.717, 1.165) is 5.39 Å². The zero-order chi connectivity index (χ0) is 12.7. The van der Waals surface area contributed by atoms with Gasteiger partial charge in [0.25, 0.3) is 5.89 Å². The van der Waals surface area contributed by atoms with Gasteiger partial charge in [-0.25, -0.2) is 4.98 Å². The maximum atomic E-state index is 12.1. The number of oxazole rings is 1. The van der Waals surface area contributed by atoms with Gasteiger partial charge in [0.1, 0.15) is 5.76 Å². The van der Waals surface area contributed by atoms with E-state index < -0.39 is 5.91 Å². The van der Waals surface area contributed by atoms with Crippen LogP contribution in [0.4, 0.5) is 5.69 Å². The molecule has 0 saturated carbocycles. The van der Waals surface area contributed by atoms with E-state index in [9.17, 15) is 4.79 Å². The van der Waals surface area contributed by atoms with Crippen LogP contribution in [0.25, 0.3) is 10.9 Å². The third kappa shape index (κ3) is 1.55. The number of aryl methyl sites for hydroxylation is 1. The number of benzene rings is 1. The first-order chi connectivity index (χ1) is 8.65. The van der Waals surface area contributed by atoms with Crippen LogP contribution in [0.3, 0.4) is 0 Å². The Morgan fingerprint density at radius 1 is 1.39 bits per heavy atom. The van der Waals surface area contributed by atoms with Crippen LogP contribution < -0.4 is 5.73 Å². The van der Waals surface area contributed by atoms with Crippen molar-refractivity contribution >= 4 is 22.5 Å². The van der Waals surface area contributed by atoms with E-state index in [1.165, 1.54) is 10.9 Å². The molecule has 0 aliphatic rings. The average Bonchev–Trinajstić information content (AvgIpc) is 2.94. The average molecular weight is 242 g/mol. The summed E-state index contributed by atoms with van der Waals surface area (Å²) in [7, 11) is 0. The van der Waals surface area contributed by atoms with Crippen LogP contribution in [0, 0.1) is 6.92 Å². The smallest absolute Gasteiger partial charge is 0.334 e. The minimum atomic E-state index is -0.400. The van der Waals surface area contributed by atoms with Crippen molar-refractivity contribution in [2.45, 2.75) is 6.92 Å². The van der Waals surface area contributed by atoms with Crippen LogP contribution >= 0.6 is 0 Å². The first kappa shape index (κ1) is 10.5. The number of fused-ring (bicyclic) bond motifs is 1. The molecule has 3 rings (SSSR count). The summed E-state index contributed by atoms with van der Waals surface area (Å²) in [6.45, 7) is 1.73.